The van der Waals surface area contributed by atoms with E-state index in [0.29, 0.717) is 23.1 Å². The number of Topliss-reactive ketones (excluding diaryl/α,β-unsaturated/α-hetero) is 1. The number of nitrogen functional groups attached to an aromatic ring is 1. The van der Waals surface area contributed by atoms with E-state index < -0.39 is 36.3 Å². The minimum absolute atomic E-state index is 0.0700. The summed E-state index contributed by atoms with van der Waals surface area (Å²) >= 11 is 0. The molecule has 0 fully saturated rings. The van der Waals surface area contributed by atoms with Gasteiger partial charge in [-0.05, 0) is 41.7 Å². The Morgan fingerprint density at radius 1 is 0.943 bits per heavy atom. The van der Waals surface area contributed by atoms with E-state index in [1.165, 1.54) is 0 Å². The lowest BCUT2D eigenvalue weighted by atomic mass is 9.86. The fourth-order valence-corrected chi connectivity index (χ4v) is 3.73. The highest BCUT2D eigenvalue weighted by Gasteiger charge is 2.29. The molecule has 5 N–H and O–H groups in total. The fraction of sp³-hybridized carbons (Fsp3) is 0.346. The Labute approximate surface area is 204 Å². The number of aldehydes is 1. The van der Waals surface area contributed by atoms with Gasteiger partial charge in [0, 0.05) is 24.1 Å². The van der Waals surface area contributed by atoms with Crippen molar-refractivity contribution in [1.29, 1.82) is 0 Å². The highest BCUT2D eigenvalue weighted by Crippen LogP contribution is 2.27. The molecule has 0 bridgehead atoms. The van der Waals surface area contributed by atoms with E-state index in [1.54, 1.807) is 54.6 Å². The smallest absolute Gasteiger partial charge is 0.305 e. The van der Waals surface area contributed by atoms with Crippen molar-refractivity contribution in [3.05, 3.63) is 65.7 Å². The van der Waals surface area contributed by atoms with Crippen LogP contribution in [0.1, 0.15) is 54.9 Å². The average molecular weight is 482 g/mol. The van der Waals surface area contributed by atoms with E-state index in [9.17, 15) is 24.0 Å². The maximum absolute atomic E-state index is 13.3. The molecule has 2 amide bonds. The van der Waals surface area contributed by atoms with Crippen molar-refractivity contribution in [2.75, 3.05) is 5.73 Å². The minimum atomic E-state index is -1.22. The van der Waals surface area contributed by atoms with Gasteiger partial charge in [-0.1, -0.05) is 44.2 Å². The van der Waals surface area contributed by atoms with Crippen LogP contribution < -0.4 is 16.4 Å². The number of rotatable bonds is 13. The monoisotopic (exact) mass is 481 g/mol. The summed E-state index contributed by atoms with van der Waals surface area (Å²) in [6, 6.07) is 13.4. The number of nitrogens with one attached hydrogen (secondary N) is 2. The predicted octanol–water partition coefficient (Wildman–Crippen LogP) is 2.31. The molecule has 3 unspecified atom stereocenters. The molecule has 35 heavy (non-hydrogen) atoms. The number of hydrogen-bond acceptors (Lipinski definition) is 6. The van der Waals surface area contributed by atoms with E-state index in [2.05, 4.69) is 10.6 Å². The van der Waals surface area contributed by atoms with Gasteiger partial charge < -0.3 is 26.3 Å². The number of anilines is 1. The number of amides is 2. The Morgan fingerprint density at radius 2 is 1.63 bits per heavy atom. The van der Waals surface area contributed by atoms with Crippen LogP contribution in [0.5, 0.6) is 0 Å². The molecule has 2 aromatic carbocycles. The van der Waals surface area contributed by atoms with E-state index in [1.807, 2.05) is 13.8 Å². The summed E-state index contributed by atoms with van der Waals surface area (Å²) in [6.07, 6.45) is -0.422. The number of ketones is 1. The van der Waals surface area contributed by atoms with Crippen LogP contribution >= 0.6 is 0 Å². The van der Waals surface area contributed by atoms with Crippen LogP contribution in [0.15, 0.2) is 54.6 Å². The van der Waals surface area contributed by atoms with Crippen molar-refractivity contribution in [2.24, 2.45) is 5.92 Å². The Bertz CT molecular complexity index is 1050. The summed E-state index contributed by atoms with van der Waals surface area (Å²) in [7, 11) is 0. The van der Waals surface area contributed by atoms with Crippen LogP contribution in [0.25, 0.3) is 0 Å². The molecule has 0 aliphatic heterocycles. The van der Waals surface area contributed by atoms with Gasteiger partial charge in [-0.3, -0.25) is 19.2 Å². The Morgan fingerprint density at radius 3 is 2.20 bits per heavy atom. The molecule has 0 saturated carbocycles. The molecule has 186 valence electrons. The molecule has 2 aromatic rings. The number of hydrogen-bond donors (Lipinski definition) is 4. The molecule has 3 atom stereocenters. The molecular formula is C26H31N3O6. The maximum atomic E-state index is 13.3. The second-order valence-electron chi connectivity index (χ2n) is 8.71. The van der Waals surface area contributed by atoms with Crippen LogP contribution in [-0.2, 0) is 19.2 Å². The quantitative estimate of drug-likeness (QED) is 0.253. The number of nitrogens with two attached hydrogens (primary N) is 1. The van der Waals surface area contributed by atoms with Crippen molar-refractivity contribution in [2.45, 2.75) is 51.1 Å². The number of aliphatic carboxylic acids is 1. The third kappa shape index (κ3) is 8.69. The average Bonchev–Trinajstić information content (AvgIpc) is 2.81. The molecule has 0 radical (unpaired) electrons. The molecule has 0 saturated heterocycles. The Kier molecular flexibility index (Phi) is 10.1. The highest BCUT2D eigenvalue weighted by atomic mass is 16.4. The lowest BCUT2D eigenvalue weighted by Crippen LogP contribution is -2.45. The van der Waals surface area contributed by atoms with Crippen LogP contribution in [0.4, 0.5) is 5.69 Å². The van der Waals surface area contributed by atoms with E-state index in [0.717, 1.165) is 0 Å². The summed E-state index contributed by atoms with van der Waals surface area (Å²) < 4.78 is 0. The van der Waals surface area contributed by atoms with Crippen molar-refractivity contribution in [1.82, 2.24) is 10.6 Å². The topological polar surface area (TPSA) is 156 Å². The fourth-order valence-electron chi connectivity index (χ4n) is 3.73. The number of carboxylic acids is 1. The molecule has 0 heterocycles. The molecule has 0 aliphatic carbocycles. The van der Waals surface area contributed by atoms with E-state index >= 15 is 0 Å². The molecule has 0 aliphatic rings. The first-order chi connectivity index (χ1) is 16.6. The minimum Gasteiger partial charge on any atom is -0.481 e. The third-order valence-corrected chi connectivity index (χ3v) is 5.50. The molecule has 9 nitrogen and oxygen atoms in total. The number of carboxylic acid groups (broad SMARTS) is 1. The molecule has 2 rings (SSSR count). The van der Waals surface area contributed by atoms with Crippen molar-refractivity contribution < 1.29 is 29.1 Å². The Balaban J connectivity index is 2.21. The largest absolute Gasteiger partial charge is 0.481 e. The predicted molar refractivity (Wildman–Crippen MR) is 131 cm³/mol. The van der Waals surface area contributed by atoms with Crippen LogP contribution in [0.2, 0.25) is 0 Å². The number of benzene rings is 2. The molecule has 9 heteroatoms. The first-order valence-electron chi connectivity index (χ1n) is 11.3. The number of carbonyl (C=O) groups excluding carboxylic acids is 4. The zero-order valence-corrected chi connectivity index (χ0v) is 19.8. The lowest BCUT2D eigenvalue weighted by molar-refractivity contribution is -0.138. The third-order valence-electron chi connectivity index (χ3n) is 5.50. The summed E-state index contributed by atoms with van der Waals surface area (Å²) in [5.74, 6) is -3.24. The second-order valence-corrected chi connectivity index (χ2v) is 8.71. The van der Waals surface area contributed by atoms with Gasteiger partial charge in [0.15, 0.2) is 5.78 Å². The summed E-state index contributed by atoms with van der Waals surface area (Å²) in [5.41, 5.74) is 7.42. The highest BCUT2D eigenvalue weighted by molar-refractivity contribution is 5.98. The van der Waals surface area contributed by atoms with Gasteiger partial charge in [0.25, 0.3) is 5.91 Å². The van der Waals surface area contributed by atoms with Gasteiger partial charge in [-0.25, -0.2) is 0 Å². The van der Waals surface area contributed by atoms with E-state index in [4.69, 9.17) is 10.8 Å². The summed E-state index contributed by atoms with van der Waals surface area (Å²) in [4.78, 5) is 60.7. The normalized spacial score (nSPS) is 13.3. The standard InChI is InChI=1S/C26H31N3O6/c1-16(2)25(29-26(35)17-7-4-3-5-8-17)22(31)12-19(18-9-6-10-20(27)11-18)13-23(32)28-21(15-30)14-24(33)34/h3-11,15-16,19,21,25H,12-14,27H2,1-2H3,(H,28,32)(H,29,35)(H,33,34). The molecular weight excluding hydrogens is 450 g/mol. The molecule has 0 aromatic heterocycles. The van der Waals surface area contributed by atoms with Gasteiger partial charge in [0.1, 0.15) is 6.29 Å². The van der Waals surface area contributed by atoms with Crippen molar-refractivity contribution in [3.8, 4) is 0 Å². The maximum Gasteiger partial charge on any atom is 0.305 e. The van der Waals surface area contributed by atoms with E-state index in [-0.39, 0.29) is 30.4 Å². The summed E-state index contributed by atoms with van der Waals surface area (Å²) in [5, 5.41) is 14.1. The SMILES string of the molecule is CC(C)C(NC(=O)c1ccccc1)C(=O)CC(CC(=O)NC(C=O)CC(=O)O)c1cccc(N)c1. The Hall–Kier alpha value is -4.01. The first kappa shape index (κ1) is 27.2. The number of carbonyl (C=O) groups is 5. The van der Waals surface area contributed by atoms with Gasteiger partial charge in [0.2, 0.25) is 5.91 Å². The zero-order chi connectivity index (χ0) is 26.0. The van der Waals surface area contributed by atoms with Gasteiger partial charge in [0.05, 0.1) is 18.5 Å². The van der Waals surface area contributed by atoms with Crippen molar-refractivity contribution in [3.63, 3.8) is 0 Å². The van der Waals surface area contributed by atoms with Crippen molar-refractivity contribution >= 4 is 35.5 Å². The van der Waals surface area contributed by atoms with Gasteiger partial charge in [-0.15, -0.1) is 0 Å². The molecule has 0 spiro atoms. The van der Waals surface area contributed by atoms with Gasteiger partial charge in [-0.2, -0.15) is 0 Å². The summed E-state index contributed by atoms with van der Waals surface area (Å²) in [6.45, 7) is 3.63. The van der Waals surface area contributed by atoms with Gasteiger partial charge >= 0.3 is 5.97 Å². The lowest BCUT2D eigenvalue weighted by Gasteiger charge is -2.25. The van der Waals surface area contributed by atoms with Crippen LogP contribution in [0, 0.1) is 5.92 Å². The first-order valence-corrected chi connectivity index (χ1v) is 11.3. The van der Waals surface area contributed by atoms with Crippen LogP contribution in [-0.4, -0.2) is 47.0 Å². The van der Waals surface area contributed by atoms with Crippen LogP contribution in [0.3, 0.4) is 0 Å². The second kappa shape index (κ2) is 13.0. The zero-order valence-electron chi connectivity index (χ0n) is 19.8.